The first-order chi connectivity index (χ1) is 10.3. The Morgan fingerprint density at radius 1 is 0.952 bits per heavy atom. The van der Waals surface area contributed by atoms with Crippen molar-refractivity contribution in [2.24, 2.45) is 11.7 Å². The van der Waals surface area contributed by atoms with Crippen LogP contribution in [0.1, 0.15) is 30.7 Å². The van der Waals surface area contributed by atoms with Crippen LogP contribution in [0.3, 0.4) is 0 Å². The van der Waals surface area contributed by atoms with Crippen LogP contribution in [0.25, 0.3) is 0 Å². The molecule has 4 atom stereocenters. The number of para-hydroxylation sites is 1. The molecule has 0 heterocycles. The fourth-order valence-electron chi connectivity index (χ4n) is 4.52. The fourth-order valence-corrected chi connectivity index (χ4v) is 4.52. The molecule has 21 heavy (non-hydrogen) atoms. The number of rotatable bonds is 3. The van der Waals surface area contributed by atoms with Gasteiger partial charge in [-0.1, -0.05) is 48.5 Å². The topological polar surface area (TPSA) is 38.0 Å². The number of nitrogens with two attached hydrogens (primary N) is 1. The molecule has 2 aromatic carbocycles. The Balaban J connectivity index is 1.63. The maximum absolute atomic E-state index is 6.72. The lowest BCUT2D eigenvalue weighted by Gasteiger charge is -2.38. The Morgan fingerprint density at radius 2 is 1.62 bits per heavy atom. The van der Waals surface area contributed by atoms with Crippen LogP contribution in [0.5, 0.6) is 0 Å². The maximum Gasteiger partial charge on any atom is 0.0533 e. The molecule has 2 heteroatoms. The fraction of sp³-hybridized carbons (Fsp3) is 0.368. The van der Waals surface area contributed by atoms with Crippen LogP contribution in [0.2, 0.25) is 0 Å². The number of fused-ring (bicyclic) bond motifs is 2. The zero-order valence-electron chi connectivity index (χ0n) is 12.2. The van der Waals surface area contributed by atoms with E-state index in [0.717, 1.165) is 5.92 Å². The van der Waals surface area contributed by atoms with Gasteiger partial charge in [-0.15, -0.1) is 0 Å². The van der Waals surface area contributed by atoms with Gasteiger partial charge in [-0.2, -0.15) is 0 Å². The van der Waals surface area contributed by atoms with Gasteiger partial charge in [-0.3, -0.25) is 0 Å². The predicted molar refractivity (Wildman–Crippen MR) is 87.3 cm³/mol. The standard InChI is InChI=1S/C19H22N2/c20-18-17(14-7-3-1-4-8-14)15-11-12-19(18,13-15)21-16-9-5-2-6-10-16/h1-10,15,17-18,21H,11-13,20H2. The van der Waals surface area contributed by atoms with Crippen LogP contribution in [0.4, 0.5) is 5.69 Å². The molecule has 0 radical (unpaired) electrons. The second kappa shape index (κ2) is 4.88. The van der Waals surface area contributed by atoms with E-state index >= 15 is 0 Å². The molecule has 3 N–H and O–H groups in total. The van der Waals surface area contributed by atoms with Gasteiger partial charge in [-0.05, 0) is 42.9 Å². The molecule has 2 bridgehead atoms. The van der Waals surface area contributed by atoms with Gasteiger partial charge in [0.25, 0.3) is 0 Å². The summed E-state index contributed by atoms with van der Waals surface area (Å²) in [4.78, 5) is 0. The second-order valence-electron chi connectivity index (χ2n) is 6.61. The zero-order valence-corrected chi connectivity index (χ0v) is 12.2. The van der Waals surface area contributed by atoms with Crippen molar-refractivity contribution in [3.8, 4) is 0 Å². The summed E-state index contributed by atoms with van der Waals surface area (Å²) in [5, 5.41) is 3.77. The summed E-state index contributed by atoms with van der Waals surface area (Å²) in [5.41, 5.74) is 9.40. The molecule has 0 amide bonds. The average Bonchev–Trinajstić information content (AvgIpc) is 3.05. The Hall–Kier alpha value is -1.80. The third kappa shape index (κ3) is 2.06. The van der Waals surface area contributed by atoms with Crippen LogP contribution < -0.4 is 11.1 Å². The van der Waals surface area contributed by atoms with Gasteiger partial charge < -0.3 is 11.1 Å². The van der Waals surface area contributed by atoms with Gasteiger partial charge in [0.1, 0.15) is 0 Å². The predicted octanol–water partition coefficient (Wildman–Crippen LogP) is 3.76. The highest BCUT2D eigenvalue weighted by Gasteiger charge is 2.56. The molecular weight excluding hydrogens is 256 g/mol. The molecular formula is C19H22N2. The molecule has 4 rings (SSSR count). The number of hydrogen-bond donors (Lipinski definition) is 2. The van der Waals surface area contributed by atoms with Crippen molar-refractivity contribution in [3.05, 3.63) is 66.2 Å². The van der Waals surface area contributed by atoms with E-state index in [2.05, 4.69) is 66.0 Å². The quantitative estimate of drug-likeness (QED) is 0.897. The number of hydrogen-bond acceptors (Lipinski definition) is 2. The van der Waals surface area contributed by atoms with E-state index in [9.17, 15) is 0 Å². The minimum absolute atomic E-state index is 0.0759. The molecule has 0 aromatic heterocycles. The first kappa shape index (κ1) is 12.9. The third-order valence-electron chi connectivity index (χ3n) is 5.47. The van der Waals surface area contributed by atoms with Crippen molar-refractivity contribution in [1.82, 2.24) is 0 Å². The Morgan fingerprint density at radius 3 is 2.33 bits per heavy atom. The highest BCUT2D eigenvalue weighted by atomic mass is 15.1. The van der Waals surface area contributed by atoms with Crippen LogP contribution in [0.15, 0.2) is 60.7 Å². The molecule has 0 spiro atoms. The Labute approximate surface area is 126 Å². The Kier molecular flexibility index (Phi) is 3.00. The van der Waals surface area contributed by atoms with Crippen molar-refractivity contribution >= 4 is 5.69 Å². The average molecular weight is 278 g/mol. The second-order valence-corrected chi connectivity index (χ2v) is 6.61. The molecule has 2 fully saturated rings. The number of nitrogens with one attached hydrogen (secondary N) is 1. The third-order valence-corrected chi connectivity index (χ3v) is 5.47. The summed E-state index contributed by atoms with van der Waals surface area (Å²) in [6.45, 7) is 0. The van der Waals surface area contributed by atoms with E-state index in [0.29, 0.717) is 5.92 Å². The lowest BCUT2D eigenvalue weighted by molar-refractivity contribution is 0.344. The molecule has 2 aromatic rings. The van der Waals surface area contributed by atoms with Gasteiger partial charge in [0.2, 0.25) is 0 Å². The van der Waals surface area contributed by atoms with Crippen molar-refractivity contribution in [1.29, 1.82) is 0 Å². The normalized spacial score (nSPS) is 34.0. The van der Waals surface area contributed by atoms with E-state index in [1.807, 2.05) is 0 Å². The summed E-state index contributed by atoms with van der Waals surface area (Å²) in [6, 6.07) is 21.5. The van der Waals surface area contributed by atoms with Crippen LogP contribution in [-0.4, -0.2) is 11.6 Å². The zero-order chi connectivity index (χ0) is 14.3. The van der Waals surface area contributed by atoms with Gasteiger partial charge in [0.05, 0.1) is 5.54 Å². The maximum atomic E-state index is 6.72. The van der Waals surface area contributed by atoms with Gasteiger partial charge in [0.15, 0.2) is 0 Å². The number of benzene rings is 2. The summed E-state index contributed by atoms with van der Waals surface area (Å²) in [7, 11) is 0. The first-order valence-corrected chi connectivity index (χ1v) is 7.92. The molecule has 4 unspecified atom stereocenters. The summed E-state index contributed by atoms with van der Waals surface area (Å²) >= 11 is 0. The van der Waals surface area contributed by atoms with Gasteiger partial charge in [-0.25, -0.2) is 0 Å². The summed E-state index contributed by atoms with van der Waals surface area (Å²) in [6.07, 6.45) is 3.67. The highest BCUT2D eigenvalue weighted by molar-refractivity contribution is 5.48. The lowest BCUT2D eigenvalue weighted by Crippen LogP contribution is -2.52. The van der Waals surface area contributed by atoms with E-state index in [1.165, 1.54) is 30.5 Å². The number of anilines is 1. The molecule has 108 valence electrons. The van der Waals surface area contributed by atoms with Crippen molar-refractivity contribution in [2.45, 2.75) is 36.8 Å². The van der Waals surface area contributed by atoms with Crippen LogP contribution in [-0.2, 0) is 0 Å². The van der Waals surface area contributed by atoms with E-state index < -0.39 is 0 Å². The largest absolute Gasteiger partial charge is 0.378 e. The monoisotopic (exact) mass is 278 g/mol. The summed E-state index contributed by atoms with van der Waals surface area (Å²) < 4.78 is 0. The first-order valence-electron chi connectivity index (χ1n) is 7.92. The molecule has 0 saturated heterocycles. The van der Waals surface area contributed by atoms with Gasteiger partial charge >= 0.3 is 0 Å². The Bertz CT molecular complexity index is 610. The van der Waals surface area contributed by atoms with Gasteiger partial charge in [0, 0.05) is 17.6 Å². The van der Waals surface area contributed by atoms with Crippen LogP contribution in [0, 0.1) is 5.92 Å². The lowest BCUT2D eigenvalue weighted by atomic mass is 9.77. The smallest absolute Gasteiger partial charge is 0.0533 e. The highest BCUT2D eigenvalue weighted by Crippen LogP contribution is 2.55. The SMILES string of the molecule is NC1C(c2ccccc2)C2CCC1(Nc1ccccc1)C2. The molecule has 2 saturated carbocycles. The van der Waals surface area contributed by atoms with Crippen LogP contribution >= 0.6 is 0 Å². The molecule has 0 aliphatic heterocycles. The van der Waals surface area contributed by atoms with E-state index in [4.69, 9.17) is 5.73 Å². The summed E-state index contributed by atoms with van der Waals surface area (Å²) in [5.74, 6) is 1.22. The van der Waals surface area contributed by atoms with Crippen molar-refractivity contribution in [3.63, 3.8) is 0 Å². The molecule has 2 aliphatic rings. The minimum Gasteiger partial charge on any atom is -0.378 e. The molecule has 2 aliphatic carbocycles. The van der Waals surface area contributed by atoms with Crippen molar-refractivity contribution in [2.75, 3.05) is 5.32 Å². The van der Waals surface area contributed by atoms with Crippen molar-refractivity contribution < 1.29 is 0 Å². The van der Waals surface area contributed by atoms with E-state index in [-0.39, 0.29) is 11.6 Å². The molecule has 2 nitrogen and oxygen atoms in total. The van der Waals surface area contributed by atoms with E-state index in [1.54, 1.807) is 0 Å². The minimum atomic E-state index is 0.0759.